The van der Waals surface area contributed by atoms with Crippen molar-refractivity contribution in [1.29, 1.82) is 0 Å². The molecule has 64 heavy (non-hydrogen) atoms. The first-order valence-corrected chi connectivity index (χ1v) is 23.7. The Hall–Kier alpha value is -6.90. The quantitative estimate of drug-likeness (QED) is 0.0895. The van der Waals surface area contributed by atoms with E-state index in [1.807, 2.05) is 0 Å². The number of aryl methyl sites for hydroxylation is 4. The van der Waals surface area contributed by atoms with Crippen LogP contribution in [0.15, 0.2) is 194 Å². The predicted molar refractivity (Wildman–Crippen MR) is 278 cm³/mol. The van der Waals surface area contributed by atoms with Gasteiger partial charge in [0.2, 0.25) is 0 Å². The van der Waals surface area contributed by atoms with Crippen LogP contribution in [0.5, 0.6) is 0 Å². The van der Waals surface area contributed by atoms with Crippen molar-refractivity contribution in [3.8, 4) is 22.3 Å². The highest BCUT2D eigenvalue weighted by molar-refractivity contribution is 6.22. The summed E-state index contributed by atoms with van der Waals surface area (Å²) >= 11 is 0. The number of hydrogen-bond acceptors (Lipinski definition) is 2. The van der Waals surface area contributed by atoms with Crippen molar-refractivity contribution in [3.63, 3.8) is 0 Å². The molecule has 0 aromatic heterocycles. The van der Waals surface area contributed by atoms with Crippen LogP contribution in [-0.4, -0.2) is 0 Å². The highest BCUT2D eigenvalue weighted by atomic mass is 15.1. The van der Waals surface area contributed by atoms with Gasteiger partial charge in [0, 0.05) is 34.1 Å². The van der Waals surface area contributed by atoms with Crippen LogP contribution >= 0.6 is 0 Å². The highest BCUT2D eigenvalue weighted by Gasteiger charge is 2.22. The van der Waals surface area contributed by atoms with Crippen molar-refractivity contribution < 1.29 is 0 Å². The zero-order valence-electron chi connectivity index (χ0n) is 38.0. The number of rotatable bonds is 16. The van der Waals surface area contributed by atoms with E-state index in [1.165, 1.54) is 103 Å². The summed E-state index contributed by atoms with van der Waals surface area (Å²) in [5.41, 5.74) is 17.3. The first-order chi connectivity index (χ1) is 31.6. The summed E-state index contributed by atoms with van der Waals surface area (Å²) in [6.07, 6.45) is 8.87. The van der Waals surface area contributed by atoms with Crippen LogP contribution in [0.3, 0.4) is 0 Å². The van der Waals surface area contributed by atoms with E-state index in [0.29, 0.717) is 0 Å². The molecule has 0 N–H and O–H groups in total. The van der Waals surface area contributed by atoms with Crippen molar-refractivity contribution in [3.05, 3.63) is 216 Å². The third kappa shape index (κ3) is 8.84. The van der Waals surface area contributed by atoms with Crippen LogP contribution in [0.1, 0.15) is 75.6 Å². The average molecular weight is 833 g/mol. The van der Waals surface area contributed by atoms with E-state index in [9.17, 15) is 0 Å². The summed E-state index contributed by atoms with van der Waals surface area (Å²) in [5, 5.41) is 4.93. The molecule has 0 unspecified atom stereocenters. The first-order valence-electron chi connectivity index (χ1n) is 23.7. The summed E-state index contributed by atoms with van der Waals surface area (Å²) in [6, 6.07) is 73.0. The molecule has 9 aromatic rings. The Bertz CT molecular complexity index is 2760. The number of fused-ring (bicyclic) bond motifs is 2. The van der Waals surface area contributed by atoms with Gasteiger partial charge in [-0.1, -0.05) is 162 Å². The van der Waals surface area contributed by atoms with E-state index in [1.54, 1.807) is 0 Å². The molecule has 318 valence electrons. The summed E-state index contributed by atoms with van der Waals surface area (Å²) in [7, 11) is 0. The van der Waals surface area contributed by atoms with Crippen molar-refractivity contribution in [2.24, 2.45) is 0 Å². The fraction of sp³-hybridized carbons (Fsp3) is 0.194. The Morgan fingerprint density at radius 3 is 1.05 bits per heavy atom. The van der Waals surface area contributed by atoms with Gasteiger partial charge in [-0.25, -0.2) is 0 Å². The van der Waals surface area contributed by atoms with Crippen LogP contribution in [0, 0.1) is 0 Å². The molecule has 0 saturated heterocycles. The lowest BCUT2D eigenvalue weighted by Gasteiger charge is -2.28. The molecule has 0 aliphatic heterocycles. The summed E-state index contributed by atoms with van der Waals surface area (Å²) in [4.78, 5) is 4.91. The Kier molecular flexibility index (Phi) is 13.0. The zero-order valence-corrected chi connectivity index (χ0v) is 38.0. The first kappa shape index (κ1) is 42.4. The van der Waals surface area contributed by atoms with Gasteiger partial charge in [-0.15, -0.1) is 0 Å². The minimum atomic E-state index is 1.01. The Labute approximate surface area is 381 Å². The largest absolute Gasteiger partial charge is 0.310 e. The minimum Gasteiger partial charge on any atom is -0.310 e. The van der Waals surface area contributed by atoms with Crippen molar-refractivity contribution in [1.82, 2.24) is 0 Å². The van der Waals surface area contributed by atoms with Gasteiger partial charge < -0.3 is 9.80 Å². The Morgan fingerprint density at radius 2 is 0.672 bits per heavy atom. The van der Waals surface area contributed by atoms with Crippen LogP contribution in [0.25, 0.3) is 43.8 Å². The van der Waals surface area contributed by atoms with Gasteiger partial charge in [-0.3, -0.25) is 0 Å². The number of unbranched alkanes of at least 4 members (excludes halogenated alkanes) is 2. The summed E-state index contributed by atoms with van der Waals surface area (Å²) in [5.74, 6) is 0. The highest BCUT2D eigenvalue weighted by Crippen LogP contribution is 2.48. The van der Waals surface area contributed by atoms with Crippen molar-refractivity contribution >= 4 is 55.7 Å². The fourth-order valence-electron chi connectivity index (χ4n) is 9.43. The van der Waals surface area contributed by atoms with Crippen molar-refractivity contribution in [2.45, 2.75) is 79.1 Å². The van der Waals surface area contributed by atoms with Gasteiger partial charge in [0.15, 0.2) is 0 Å². The maximum atomic E-state index is 2.45. The molecule has 0 aliphatic rings. The van der Waals surface area contributed by atoms with Crippen molar-refractivity contribution in [2.75, 3.05) is 9.80 Å². The average Bonchev–Trinajstić information content (AvgIpc) is 3.35. The normalized spacial score (nSPS) is 11.3. The smallest absolute Gasteiger partial charge is 0.0468 e. The lowest BCUT2D eigenvalue weighted by molar-refractivity contribution is 0.795. The van der Waals surface area contributed by atoms with Gasteiger partial charge in [-0.05, 0) is 177 Å². The third-order valence-corrected chi connectivity index (χ3v) is 12.9. The number of anilines is 6. The molecule has 0 atom stereocenters. The van der Waals surface area contributed by atoms with Gasteiger partial charge in [0.25, 0.3) is 0 Å². The van der Waals surface area contributed by atoms with Gasteiger partial charge >= 0.3 is 0 Å². The molecule has 2 nitrogen and oxygen atoms in total. The van der Waals surface area contributed by atoms with Gasteiger partial charge in [-0.2, -0.15) is 0 Å². The minimum absolute atomic E-state index is 1.01. The molecule has 0 fully saturated rings. The molecule has 9 rings (SSSR count). The second kappa shape index (κ2) is 19.7. The van der Waals surface area contributed by atoms with E-state index in [2.05, 4.69) is 232 Å². The van der Waals surface area contributed by atoms with E-state index >= 15 is 0 Å². The van der Waals surface area contributed by atoms with E-state index in [4.69, 9.17) is 0 Å². The summed E-state index contributed by atoms with van der Waals surface area (Å²) < 4.78 is 0. The standard InChI is InChI=1S/C62H60N2/c1-5-9-19-47-21-17-27-53(41-47)63(51-33-29-45(7-3)30-34-51)55-37-39-57-59(43-55)61(49-23-13-11-14-24-49)58-40-38-56(44-60(58)62(57)50-25-15-12-16-26-50)64(52-35-31-46(8-4)32-36-52)54-28-18-22-48(42-54)20-10-6-2/h11-18,21-44H,5-10,19-20H2,1-4H3. The van der Waals surface area contributed by atoms with E-state index < -0.39 is 0 Å². The molecule has 2 heteroatoms. The summed E-state index contributed by atoms with van der Waals surface area (Å²) in [6.45, 7) is 8.99. The van der Waals surface area contributed by atoms with Gasteiger partial charge in [0.1, 0.15) is 0 Å². The lowest BCUT2D eigenvalue weighted by atomic mass is 9.85. The SMILES string of the molecule is CCCCc1cccc(N(c2ccc(CC)cc2)c2ccc3c(-c4ccccc4)c4cc(N(c5ccc(CC)cc5)c5cccc(CCCC)c5)ccc4c(-c4ccccc4)c3c2)c1. The second-order valence-electron chi connectivity index (χ2n) is 17.2. The molecular formula is C62H60N2. The second-order valence-corrected chi connectivity index (χ2v) is 17.2. The monoisotopic (exact) mass is 832 g/mol. The molecule has 0 radical (unpaired) electrons. The molecule has 0 spiro atoms. The van der Waals surface area contributed by atoms with Crippen LogP contribution < -0.4 is 9.80 Å². The number of hydrogen-bond donors (Lipinski definition) is 0. The van der Waals surface area contributed by atoms with E-state index in [-0.39, 0.29) is 0 Å². The molecule has 0 amide bonds. The molecule has 0 heterocycles. The predicted octanol–water partition coefficient (Wildman–Crippen LogP) is 18.1. The lowest BCUT2D eigenvalue weighted by Crippen LogP contribution is -2.11. The molecular weight excluding hydrogens is 773 g/mol. The number of benzene rings is 9. The van der Waals surface area contributed by atoms with Crippen LogP contribution in [0.2, 0.25) is 0 Å². The fourth-order valence-corrected chi connectivity index (χ4v) is 9.43. The zero-order chi connectivity index (χ0) is 43.8. The molecule has 0 bridgehead atoms. The van der Waals surface area contributed by atoms with Crippen LogP contribution in [-0.2, 0) is 25.7 Å². The van der Waals surface area contributed by atoms with Gasteiger partial charge in [0.05, 0.1) is 0 Å². The number of nitrogens with zero attached hydrogens (tertiary/aromatic N) is 2. The Morgan fingerprint density at radius 1 is 0.297 bits per heavy atom. The maximum absolute atomic E-state index is 2.45. The third-order valence-electron chi connectivity index (χ3n) is 12.9. The maximum Gasteiger partial charge on any atom is 0.0468 e. The topological polar surface area (TPSA) is 6.48 Å². The Balaban J connectivity index is 1.32. The van der Waals surface area contributed by atoms with Crippen LogP contribution in [0.4, 0.5) is 34.1 Å². The molecule has 9 aromatic carbocycles. The molecule has 0 aliphatic carbocycles. The van der Waals surface area contributed by atoms with E-state index in [0.717, 1.165) is 48.4 Å². The molecule has 0 saturated carbocycles.